The number of hydrogen-bond acceptors (Lipinski definition) is 4. The average molecular weight is 424 g/mol. The van der Waals surface area contributed by atoms with Crippen LogP contribution in [0.25, 0.3) is 0 Å². The van der Waals surface area contributed by atoms with Crippen molar-refractivity contribution in [3.05, 3.63) is 59.1 Å². The van der Waals surface area contributed by atoms with Crippen LogP contribution in [0.4, 0.5) is 11.4 Å². The molecule has 0 saturated carbocycles. The van der Waals surface area contributed by atoms with Crippen molar-refractivity contribution in [1.82, 2.24) is 0 Å². The molecule has 0 aliphatic carbocycles. The van der Waals surface area contributed by atoms with Gasteiger partial charge < -0.3 is 21.1 Å². The number of para-hydroxylation sites is 1. The number of anilines is 2. The fourth-order valence-electron chi connectivity index (χ4n) is 3.05. The van der Waals surface area contributed by atoms with Crippen molar-refractivity contribution in [2.75, 3.05) is 30.4 Å². The molecule has 2 aromatic rings. The quantitative estimate of drug-likeness (QED) is 0.682. The summed E-state index contributed by atoms with van der Waals surface area (Å²) in [6.45, 7) is 1.27. The van der Waals surface area contributed by atoms with E-state index in [9.17, 15) is 9.59 Å². The van der Waals surface area contributed by atoms with E-state index in [1.165, 1.54) is 0 Å². The molecule has 0 unspecified atom stereocenters. The number of rotatable bonds is 5. The zero-order chi connectivity index (χ0) is 19.3. The van der Waals surface area contributed by atoms with E-state index < -0.39 is 5.41 Å². The number of carbonyl (C=O) groups is 2. The third-order valence-corrected chi connectivity index (χ3v) is 5.15. The second kappa shape index (κ2) is 9.89. The van der Waals surface area contributed by atoms with E-state index >= 15 is 0 Å². The minimum Gasteiger partial charge on any atom is -0.381 e. The Bertz CT molecular complexity index is 825. The van der Waals surface area contributed by atoms with Crippen LogP contribution in [0.1, 0.15) is 23.2 Å². The first-order valence-corrected chi connectivity index (χ1v) is 9.17. The molecule has 3 rings (SSSR count). The van der Waals surface area contributed by atoms with Crippen LogP contribution in [0.5, 0.6) is 0 Å². The SMILES string of the molecule is Cl.NCC1(C(=O)Nc2ccc(Cl)c(C(=O)Nc3ccccc3)c2)CCOCC1. The molecule has 0 bridgehead atoms. The Morgan fingerprint density at radius 3 is 2.36 bits per heavy atom. The Balaban J connectivity index is 0.00000280. The summed E-state index contributed by atoms with van der Waals surface area (Å²) >= 11 is 6.19. The van der Waals surface area contributed by atoms with Crippen molar-refractivity contribution in [3.63, 3.8) is 0 Å². The monoisotopic (exact) mass is 423 g/mol. The van der Waals surface area contributed by atoms with Gasteiger partial charge in [0.15, 0.2) is 0 Å². The van der Waals surface area contributed by atoms with Crippen molar-refractivity contribution < 1.29 is 14.3 Å². The minimum atomic E-state index is -0.648. The lowest BCUT2D eigenvalue weighted by atomic mass is 9.79. The van der Waals surface area contributed by atoms with Crippen molar-refractivity contribution in [1.29, 1.82) is 0 Å². The first-order chi connectivity index (χ1) is 13.0. The summed E-state index contributed by atoms with van der Waals surface area (Å²) in [4.78, 5) is 25.3. The van der Waals surface area contributed by atoms with Crippen molar-refractivity contribution in [3.8, 4) is 0 Å². The second-order valence-corrected chi connectivity index (χ2v) is 6.97. The van der Waals surface area contributed by atoms with Gasteiger partial charge in [-0.25, -0.2) is 0 Å². The van der Waals surface area contributed by atoms with Gasteiger partial charge in [-0.3, -0.25) is 9.59 Å². The number of ether oxygens (including phenoxy) is 1. The van der Waals surface area contributed by atoms with E-state index in [-0.39, 0.29) is 36.3 Å². The Morgan fingerprint density at radius 1 is 1.04 bits per heavy atom. The van der Waals surface area contributed by atoms with Gasteiger partial charge in [-0.15, -0.1) is 12.4 Å². The molecule has 1 saturated heterocycles. The van der Waals surface area contributed by atoms with Crippen LogP contribution in [-0.2, 0) is 9.53 Å². The predicted molar refractivity (Wildman–Crippen MR) is 113 cm³/mol. The minimum absolute atomic E-state index is 0. The maximum Gasteiger partial charge on any atom is 0.257 e. The van der Waals surface area contributed by atoms with E-state index in [4.69, 9.17) is 22.1 Å². The topological polar surface area (TPSA) is 93.5 Å². The molecule has 1 aliphatic rings. The number of halogens is 2. The molecule has 1 aliphatic heterocycles. The van der Waals surface area contributed by atoms with Gasteiger partial charge in [0.25, 0.3) is 5.91 Å². The maximum atomic E-state index is 12.8. The molecule has 0 radical (unpaired) electrons. The molecule has 0 atom stereocenters. The fourth-order valence-corrected chi connectivity index (χ4v) is 3.25. The van der Waals surface area contributed by atoms with Crippen molar-refractivity contribution >= 4 is 47.2 Å². The molecular formula is C20H23Cl2N3O3. The molecule has 2 amide bonds. The summed E-state index contributed by atoms with van der Waals surface area (Å²) in [5, 5.41) is 5.97. The number of amides is 2. The van der Waals surface area contributed by atoms with Gasteiger partial charge >= 0.3 is 0 Å². The van der Waals surface area contributed by atoms with Crippen LogP contribution in [0.3, 0.4) is 0 Å². The molecule has 28 heavy (non-hydrogen) atoms. The summed E-state index contributed by atoms with van der Waals surface area (Å²) in [6, 6.07) is 13.9. The molecule has 4 N–H and O–H groups in total. The Hall–Kier alpha value is -2.12. The van der Waals surface area contributed by atoms with E-state index in [2.05, 4.69) is 10.6 Å². The van der Waals surface area contributed by atoms with Gasteiger partial charge in [0, 0.05) is 31.1 Å². The lowest BCUT2D eigenvalue weighted by Gasteiger charge is -2.34. The van der Waals surface area contributed by atoms with Crippen LogP contribution in [-0.4, -0.2) is 31.6 Å². The van der Waals surface area contributed by atoms with Crippen LogP contribution < -0.4 is 16.4 Å². The van der Waals surface area contributed by atoms with Crippen LogP contribution >= 0.6 is 24.0 Å². The highest BCUT2D eigenvalue weighted by atomic mass is 35.5. The predicted octanol–water partition coefficient (Wildman–Crippen LogP) is 3.71. The summed E-state index contributed by atoms with van der Waals surface area (Å²) in [7, 11) is 0. The number of carbonyl (C=O) groups excluding carboxylic acids is 2. The Labute approximate surface area is 175 Å². The van der Waals surface area contributed by atoms with Gasteiger partial charge in [-0.1, -0.05) is 29.8 Å². The molecule has 6 nitrogen and oxygen atoms in total. The smallest absolute Gasteiger partial charge is 0.257 e. The standard InChI is InChI=1S/C20H22ClN3O3.ClH/c21-17-7-6-15(24-19(26)20(13-22)8-10-27-11-9-20)12-16(17)18(25)23-14-4-2-1-3-5-14;/h1-7,12H,8-11,13,22H2,(H,23,25)(H,24,26);1H. The second-order valence-electron chi connectivity index (χ2n) is 6.57. The first kappa shape index (κ1) is 22.2. The molecule has 150 valence electrons. The normalized spacial score (nSPS) is 15.2. The molecule has 0 aromatic heterocycles. The van der Waals surface area contributed by atoms with Gasteiger partial charge in [-0.2, -0.15) is 0 Å². The van der Waals surface area contributed by atoms with Gasteiger partial charge in [0.1, 0.15) is 0 Å². The van der Waals surface area contributed by atoms with Gasteiger partial charge in [-0.05, 0) is 43.2 Å². The Morgan fingerprint density at radius 2 is 1.71 bits per heavy atom. The number of nitrogens with two attached hydrogens (primary N) is 1. The van der Waals surface area contributed by atoms with E-state index in [1.54, 1.807) is 30.3 Å². The average Bonchev–Trinajstić information content (AvgIpc) is 2.70. The highest BCUT2D eigenvalue weighted by Gasteiger charge is 2.38. The number of hydrogen-bond donors (Lipinski definition) is 3. The fraction of sp³-hybridized carbons (Fsp3) is 0.300. The lowest BCUT2D eigenvalue weighted by Crippen LogP contribution is -2.46. The van der Waals surface area contributed by atoms with Gasteiger partial charge in [0.2, 0.25) is 5.91 Å². The Kier molecular flexibility index (Phi) is 7.83. The molecule has 0 spiro atoms. The van der Waals surface area contributed by atoms with Gasteiger partial charge in [0.05, 0.1) is 16.0 Å². The molecule has 8 heteroatoms. The van der Waals surface area contributed by atoms with Crippen molar-refractivity contribution in [2.45, 2.75) is 12.8 Å². The molecule has 1 fully saturated rings. The number of nitrogens with one attached hydrogen (secondary N) is 2. The largest absolute Gasteiger partial charge is 0.381 e. The van der Waals surface area contributed by atoms with Crippen LogP contribution in [0.15, 0.2) is 48.5 Å². The van der Waals surface area contributed by atoms with Crippen LogP contribution in [0, 0.1) is 5.41 Å². The summed E-state index contributed by atoms with van der Waals surface area (Å²) in [6.07, 6.45) is 1.15. The highest BCUT2D eigenvalue weighted by molar-refractivity contribution is 6.34. The number of benzene rings is 2. The van der Waals surface area contributed by atoms with E-state index in [0.29, 0.717) is 42.5 Å². The van der Waals surface area contributed by atoms with Crippen LogP contribution in [0.2, 0.25) is 5.02 Å². The first-order valence-electron chi connectivity index (χ1n) is 8.79. The van der Waals surface area contributed by atoms with E-state index in [0.717, 1.165) is 0 Å². The zero-order valence-electron chi connectivity index (χ0n) is 15.2. The molecule has 2 aromatic carbocycles. The zero-order valence-corrected chi connectivity index (χ0v) is 16.8. The third-order valence-electron chi connectivity index (χ3n) is 4.82. The third kappa shape index (κ3) is 5.02. The molecular weight excluding hydrogens is 401 g/mol. The highest BCUT2D eigenvalue weighted by Crippen LogP contribution is 2.31. The summed E-state index contributed by atoms with van der Waals surface area (Å²) in [5.74, 6) is -0.507. The summed E-state index contributed by atoms with van der Waals surface area (Å²) in [5.41, 5.74) is 6.68. The van der Waals surface area contributed by atoms with E-state index in [1.807, 2.05) is 18.2 Å². The maximum absolute atomic E-state index is 12.8. The lowest BCUT2D eigenvalue weighted by molar-refractivity contribution is -0.130. The van der Waals surface area contributed by atoms with Crippen molar-refractivity contribution in [2.24, 2.45) is 11.1 Å². The molecule has 1 heterocycles. The summed E-state index contributed by atoms with van der Waals surface area (Å²) < 4.78 is 5.34.